The molecular formula is C24H29ClN4OS. The number of aromatic nitrogens is 2. The van der Waals surface area contributed by atoms with E-state index in [4.69, 9.17) is 11.6 Å². The Labute approximate surface area is 193 Å². The summed E-state index contributed by atoms with van der Waals surface area (Å²) in [5, 5.41) is 1.14. The Hall–Kier alpha value is -1.79. The largest absolute Gasteiger partial charge is 0.353 e. The van der Waals surface area contributed by atoms with Crippen LogP contribution in [0.15, 0.2) is 30.6 Å². The number of nitrogens with zero attached hydrogens (tertiary/aromatic N) is 4. The van der Waals surface area contributed by atoms with E-state index in [1.54, 1.807) is 6.33 Å². The van der Waals surface area contributed by atoms with Gasteiger partial charge in [-0.05, 0) is 37.5 Å². The van der Waals surface area contributed by atoms with Gasteiger partial charge in [-0.2, -0.15) is 0 Å². The molecule has 1 saturated heterocycles. The molecule has 0 unspecified atom stereocenters. The Balaban J connectivity index is 1.35. The smallest absolute Gasteiger partial charge is 0.233 e. The first-order valence-corrected chi connectivity index (χ1v) is 12.8. The number of thioether (sulfide) groups is 1. The molecule has 1 atom stereocenters. The Kier molecular flexibility index (Phi) is 5.86. The lowest BCUT2D eigenvalue weighted by Gasteiger charge is -2.43. The predicted octanol–water partition coefficient (Wildman–Crippen LogP) is 4.99. The van der Waals surface area contributed by atoms with Crippen LogP contribution in [0.2, 0.25) is 5.02 Å². The van der Waals surface area contributed by atoms with Crippen molar-refractivity contribution in [2.24, 2.45) is 0 Å². The zero-order chi connectivity index (χ0) is 21.4. The number of amides is 1. The first-order valence-electron chi connectivity index (χ1n) is 11.3. The maximum atomic E-state index is 13.9. The van der Waals surface area contributed by atoms with E-state index in [1.807, 2.05) is 30.0 Å². The monoisotopic (exact) mass is 456 g/mol. The van der Waals surface area contributed by atoms with Crippen LogP contribution in [0.5, 0.6) is 0 Å². The number of benzene rings is 1. The lowest BCUT2D eigenvalue weighted by molar-refractivity contribution is -0.139. The highest BCUT2D eigenvalue weighted by Crippen LogP contribution is 2.45. The molecule has 2 aliphatic heterocycles. The zero-order valence-corrected chi connectivity index (χ0v) is 19.6. The van der Waals surface area contributed by atoms with Crippen molar-refractivity contribution < 1.29 is 4.79 Å². The molecule has 3 aliphatic rings. The van der Waals surface area contributed by atoms with E-state index in [9.17, 15) is 4.79 Å². The van der Waals surface area contributed by atoms with Gasteiger partial charge in [0, 0.05) is 47.8 Å². The summed E-state index contributed by atoms with van der Waals surface area (Å²) in [5.41, 5.74) is 3.12. The summed E-state index contributed by atoms with van der Waals surface area (Å²) >= 11 is 8.24. The summed E-state index contributed by atoms with van der Waals surface area (Å²) < 4.78 is 0. The van der Waals surface area contributed by atoms with Crippen LogP contribution in [0.25, 0.3) is 0 Å². The van der Waals surface area contributed by atoms with Gasteiger partial charge in [0.05, 0.1) is 11.1 Å². The van der Waals surface area contributed by atoms with Crippen molar-refractivity contribution in [2.45, 2.75) is 55.4 Å². The van der Waals surface area contributed by atoms with Gasteiger partial charge in [-0.15, -0.1) is 11.8 Å². The molecule has 1 amide bonds. The molecule has 1 aliphatic carbocycles. The number of piperazine rings is 1. The fraction of sp³-hybridized carbons (Fsp3) is 0.542. The number of fused-ring (bicyclic) bond motifs is 1. The maximum absolute atomic E-state index is 13.9. The molecule has 0 bridgehead atoms. The van der Waals surface area contributed by atoms with Crippen LogP contribution in [-0.4, -0.2) is 47.0 Å². The molecule has 31 heavy (non-hydrogen) atoms. The molecule has 7 heteroatoms. The van der Waals surface area contributed by atoms with E-state index in [0.29, 0.717) is 10.3 Å². The van der Waals surface area contributed by atoms with Crippen molar-refractivity contribution in [1.29, 1.82) is 0 Å². The molecule has 2 aromatic rings. The minimum Gasteiger partial charge on any atom is -0.353 e. The second-order valence-electron chi connectivity index (χ2n) is 8.94. The van der Waals surface area contributed by atoms with Gasteiger partial charge in [-0.1, -0.05) is 43.0 Å². The van der Waals surface area contributed by atoms with Crippen LogP contribution in [-0.2, 0) is 16.0 Å². The first kappa shape index (κ1) is 21.1. The number of hydrogen-bond acceptors (Lipinski definition) is 5. The Bertz CT molecular complexity index is 970. The van der Waals surface area contributed by atoms with Crippen LogP contribution in [0.3, 0.4) is 0 Å². The third kappa shape index (κ3) is 3.82. The maximum Gasteiger partial charge on any atom is 0.233 e. The summed E-state index contributed by atoms with van der Waals surface area (Å²) in [6.07, 6.45) is 6.93. The minimum atomic E-state index is -0.424. The van der Waals surface area contributed by atoms with Crippen LogP contribution in [0.1, 0.15) is 61.1 Å². The van der Waals surface area contributed by atoms with Gasteiger partial charge < -0.3 is 9.80 Å². The Morgan fingerprint density at radius 2 is 1.90 bits per heavy atom. The molecule has 1 aromatic carbocycles. The van der Waals surface area contributed by atoms with Gasteiger partial charge in [0.1, 0.15) is 12.1 Å². The van der Waals surface area contributed by atoms with E-state index in [1.165, 1.54) is 17.7 Å². The summed E-state index contributed by atoms with van der Waals surface area (Å²) in [6, 6.07) is 7.97. The summed E-state index contributed by atoms with van der Waals surface area (Å²) in [7, 11) is 0. The standard InChI is InChI=1S/C24H29ClN4OS/c1-17-21-20(15-31-17)26-16-27-22(21)28-10-12-29(13-11-28)23(30)24(8-3-2-4-9-24)18-6-5-7-19(25)14-18/h5-7,14,16-17H,2-4,8-13,15H2,1H3/t17-/m0/s1. The highest BCUT2D eigenvalue weighted by atomic mass is 35.5. The topological polar surface area (TPSA) is 49.3 Å². The van der Waals surface area contributed by atoms with E-state index >= 15 is 0 Å². The van der Waals surface area contributed by atoms with Gasteiger partial charge in [-0.25, -0.2) is 9.97 Å². The highest BCUT2D eigenvalue weighted by Gasteiger charge is 2.44. The van der Waals surface area contributed by atoms with Crippen molar-refractivity contribution in [3.63, 3.8) is 0 Å². The van der Waals surface area contributed by atoms with Crippen LogP contribution < -0.4 is 4.90 Å². The number of carbonyl (C=O) groups excluding carboxylic acids is 1. The fourth-order valence-electron chi connectivity index (χ4n) is 5.48. The number of rotatable bonds is 3. The van der Waals surface area contributed by atoms with Crippen LogP contribution in [0.4, 0.5) is 5.82 Å². The fourth-order valence-corrected chi connectivity index (χ4v) is 6.72. The molecule has 0 radical (unpaired) electrons. The van der Waals surface area contributed by atoms with Crippen molar-refractivity contribution in [3.8, 4) is 0 Å². The normalized spacial score (nSPS) is 23.0. The van der Waals surface area contributed by atoms with E-state index in [-0.39, 0.29) is 5.91 Å². The van der Waals surface area contributed by atoms with Crippen molar-refractivity contribution in [3.05, 3.63) is 52.4 Å². The summed E-state index contributed by atoms with van der Waals surface area (Å²) in [4.78, 5) is 27.5. The average Bonchev–Trinajstić information content (AvgIpc) is 3.20. The molecule has 5 nitrogen and oxygen atoms in total. The van der Waals surface area contributed by atoms with Gasteiger partial charge in [0.2, 0.25) is 5.91 Å². The highest BCUT2D eigenvalue weighted by molar-refractivity contribution is 7.99. The lowest BCUT2D eigenvalue weighted by Crippen LogP contribution is -2.55. The lowest BCUT2D eigenvalue weighted by atomic mass is 9.68. The van der Waals surface area contributed by atoms with Crippen LogP contribution >= 0.6 is 23.4 Å². The number of halogens is 1. The molecule has 5 rings (SSSR count). The van der Waals surface area contributed by atoms with E-state index in [0.717, 1.165) is 69.0 Å². The van der Waals surface area contributed by atoms with Crippen molar-refractivity contribution >= 4 is 35.1 Å². The molecule has 0 spiro atoms. The average molecular weight is 457 g/mol. The quantitative estimate of drug-likeness (QED) is 0.651. The number of hydrogen-bond donors (Lipinski definition) is 0. The van der Waals surface area contributed by atoms with E-state index in [2.05, 4.69) is 32.8 Å². The first-order chi connectivity index (χ1) is 15.1. The van der Waals surface area contributed by atoms with Crippen LogP contribution in [0, 0.1) is 0 Å². The molecule has 1 aromatic heterocycles. The van der Waals surface area contributed by atoms with Crippen molar-refractivity contribution in [1.82, 2.24) is 14.9 Å². The van der Waals surface area contributed by atoms with Gasteiger partial charge in [-0.3, -0.25) is 4.79 Å². The molecular weight excluding hydrogens is 428 g/mol. The van der Waals surface area contributed by atoms with E-state index < -0.39 is 5.41 Å². The number of carbonyl (C=O) groups is 1. The molecule has 164 valence electrons. The third-order valence-corrected chi connectivity index (χ3v) is 8.59. The third-order valence-electron chi connectivity index (χ3n) is 7.18. The molecule has 1 saturated carbocycles. The van der Waals surface area contributed by atoms with Gasteiger partial charge in [0.25, 0.3) is 0 Å². The zero-order valence-electron chi connectivity index (χ0n) is 18.0. The second kappa shape index (κ2) is 8.62. The second-order valence-corrected chi connectivity index (χ2v) is 10.7. The molecule has 3 heterocycles. The minimum absolute atomic E-state index is 0.283. The summed E-state index contributed by atoms with van der Waals surface area (Å²) in [6.45, 7) is 5.35. The van der Waals surface area contributed by atoms with Gasteiger partial charge in [0.15, 0.2) is 0 Å². The molecule has 2 fully saturated rings. The predicted molar refractivity (Wildman–Crippen MR) is 127 cm³/mol. The summed E-state index contributed by atoms with van der Waals surface area (Å²) in [5.74, 6) is 2.31. The van der Waals surface area contributed by atoms with Gasteiger partial charge >= 0.3 is 0 Å². The van der Waals surface area contributed by atoms with Crippen molar-refractivity contribution in [2.75, 3.05) is 31.1 Å². The molecule has 0 N–H and O–H groups in total. The Morgan fingerprint density at radius 3 is 2.65 bits per heavy atom. The number of anilines is 1. The SMILES string of the molecule is C[C@@H]1SCc2ncnc(N3CCN(C(=O)C4(c5cccc(Cl)c5)CCCCC4)CC3)c21. The Morgan fingerprint density at radius 1 is 1.13 bits per heavy atom.